The van der Waals surface area contributed by atoms with Crippen molar-refractivity contribution in [2.45, 2.75) is 40.3 Å². The summed E-state index contributed by atoms with van der Waals surface area (Å²) >= 11 is 0. The average molecular weight is 278 g/mol. The normalized spacial score (nSPS) is 11.1. The van der Waals surface area contributed by atoms with E-state index in [-0.39, 0.29) is 18.5 Å². The number of primary amides is 1. The van der Waals surface area contributed by atoms with E-state index in [1.807, 2.05) is 37.1 Å². The molecule has 0 saturated carbocycles. The minimum Gasteiger partial charge on any atom is -0.368 e. The number of pyridine rings is 1. The van der Waals surface area contributed by atoms with Gasteiger partial charge in [0.1, 0.15) is 5.82 Å². The van der Waals surface area contributed by atoms with E-state index in [0.29, 0.717) is 5.92 Å². The summed E-state index contributed by atoms with van der Waals surface area (Å²) in [5.74, 6) is 1.07. The first-order valence-electron chi connectivity index (χ1n) is 7.10. The van der Waals surface area contributed by atoms with Gasteiger partial charge in [-0.15, -0.1) is 0 Å². The lowest BCUT2D eigenvalue weighted by Gasteiger charge is -2.26. The lowest BCUT2D eigenvalue weighted by Crippen LogP contribution is -2.39. The van der Waals surface area contributed by atoms with Gasteiger partial charge >= 0.3 is 0 Å². The number of amides is 1. The van der Waals surface area contributed by atoms with Crippen molar-refractivity contribution in [2.24, 2.45) is 11.7 Å². The van der Waals surface area contributed by atoms with E-state index in [4.69, 9.17) is 5.73 Å². The summed E-state index contributed by atoms with van der Waals surface area (Å²) in [5, 5.41) is 3.38. The fraction of sp³-hybridized carbons (Fsp3) is 0.600. The van der Waals surface area contributed by atoms with Gasteiger partial charge in [0.05, 0.1) is 6.54 Å². The van der Waals surface area contributed by atoms with Gasteiger partial charge in [-0.25, -0.2) is 4.98 Å². The molecule has 112 valence electrons. The standard InChI is InChI=1S/C15H26N4O/c1-11(2)7-17-8-13-5-6-15(18-9-13)19(12(3)4)10-14(16)20/h5-6,9,11-12,17H,7-8,10H2,1-4H3,(H2,16,20). The first kappa shape index (κ1) is 16.4. The van der Waals surface area contributed by atoms with Crippen LogP contribution < -0.4 is 16.0 Å². The summed E-state index contributed by atoms with van der Waals surface area (Å²) in [4.78, 5) is 17.4. The number of hydrogen-bond acceptors (Lipinski definition) is 4. The van der Waals surface area contributed by atoms with Gasteiger partial charge in [0, 0.05) is 18.8 Å². The van der Waals surface area contributed by atoms with E-state index in [0.717, 1.165) is 24.5 Å². The Morgan fingerprint density at radius 2 is 2.05 bits per heavy atom. The minimum absolute atomic E-state index is 0.180. The van der Waals surface area contributed by atoms with Gasteiger partial charge in [-0.05, 0) is 37.9 Å². The van der Waals surface area contributed by atoms with Crippen LogP contribution in [0.1, 0.15) is 33.3 Å². The molecule has 0 saturated heterocycles. The van der Waals surface area contributed by atoms with Crippen molar-refractivity contribution in [3.8, 4) is 0 Å². The largest absolute Gasteiger partial charge is 0.368 e. The van der Waals surface area contributed by atoms with Crippen molar-refractivity contribution in [1.82, 2.24) is 10.3 Å². The van der Waals surface area contributed by atoms with Crippen molar-refractivity contribution in [1.29, 1.82) is 0 Å². The molecule has 0 fully saturated rings. The van der Waals surface area contributed by atoms with Crippen LogP contribution in [0.25, 0.3) is 0 Å². The zero-order chi connectivity index (χ0) is 15.1. The third-order valence-corrected chi connectivity index (χ3v) is 2.93. The molecule has 0 spiro atoms. The predicted molar refractivity (Wildman–Crippen MR) is 82.5 cm³/mol. The van der Waals surface area contributed by atoms with Gasteiger partial charge in [0.2, 0.25) is 5.91 Å². The number of carbonyl (C=O) groups is 1. The first-order chi connectivity index (χ1) is 9.40. The van der Waals surface area contributed by atoms with Crippen LogP contribution in [0.2, 0.25) is 0 Å². The van der Waals surface area contributed by atoms with Crippen molar-refractivity contribution < 1.29 is 4.79 Å². The zero-order valence-electron chi connectivity index (χ0n) is 12.9. The lowest BCUT2D eigenvalue weighted by molar-refractivity contribution is -0.116. The molecule has 5 heteroatoms. The van der Waals surface area contributed by atoms with Gasteiger partial charge in [0.15, 0.2) is 0 Å². The number of nitrogens with zero attached hydrogens (tertiary/aromatic N) is 2. The molecule has 0 atom stereocenters. The maximum Gasteiger partial charge on any atom is 0.237 e. The molecule has 0 aliphatic heterocycles. The van der Waals surface area contributed by atoms with E-state index in [2.05, 4.69) is 24.1 Å². The monoisotopic (exact) mass is 278 g/mol. The highest BCUT2D eigenvalue weighted by molar-refractivity contribution is 5.79. The highest BCUT2D eigenvalue weighted by atomic mass is 16.1. The number of nitrogens with two attached hydrogens (primary N) is 1. The molecule has 20 heavy (non-hydrogen) atoms. The molecule has 0 aliphatic rings. The second kappa shape index (κ2) is 7.85. The van der Waals surface area contributed by atoms with Crippen molar-refractivity contribution in [3.63, 3.8) is 0 Å². The SMILES string of the molecule is CC(C)CNCc1ccc(N(CC(N)=O)C(C)C)nc1. The summed E-state index contributed by atoms with van der Waals surface area (Å²) in [6, 6.07) is 4.15. The number of aromatic nitrogens is 1. The number of rotatable bonds is 8. The quantitative estimate of drug-likeness (QED) is 0.756. The maximum atomic E-state index is 11.1. The van der Waals surface area contributed by atoms with Gasteiger partial charge in [0.25, 0.3) is 0 Å². The van der Waals surface area contributed by atoms with E-state index in [1.54, 1.807) is 0 Å². The Hall–Kier alpha value is -1.62. The van der Waals surface area contributed by atoms with Crippen LogP contribution in [0.15, 0.2) is 18.3 Å². The number of carbonyl (C=O) groups excluding carboxylic acids is 1. The Morgan fingerprint density at radius 3 is 2.50 bits per heavy atom. The number of anilines is 1. The summed E-state index contributed by atoms with van der Waals surface area (Å²) in [6.07, 6.45) is 1.85. The van der Waals surface area contributed by atoms with Crippen LogP contribution in [0.5, 0.6) is 0 Å². The Bertz CT molecular complexity index is 414. The molecule has 5 nitrogen and oxygen atoms in total. The Labute approximate surface area is 121 Å². The molecule has 0 bridgehead atoms. The van der Waals surface area contributed by atoms with Gasteiger partial charge in [-0.3, -0.25) is 4.79 Å². The topological polar surface area (TPSA) is 71.2 Å². The summed E-state index contributed by atoms with van der Waals surface area (Å²) < 4.78 is 0. The average Bonchev–Trinajstić information content (AvgIpc) is 2.36. The molecular formula is C15H26N4O. The summed E-state index contributed by atoms with van der Waals surface area (Å²) in [7, 11) is 0. The Balaban J connectivity index is 2.65. The van der Waals surface area contributed by atoms with E-state index >= 15 is 0 Å². The van der Waals surface area contributed by atoms with E-state index < -0.39 is 0 Å². The fourth-order valence-corrected chi connectivity index (χ4v) is 1.89. The van der Waals surface area contributed by atoms with Gasteiger partial charge in [-0.2, -0.15) is 0 Å². The highest BCUT2D eigenvalue weighted by Crippen LogP contribution is 2.14. The molecule has 0 aromatic carbocycles. The highest BCUT2D eigenvalue weighted by Gasteiger charge is 2.14. The molecule has 1 aromatic heterocycles. The molecule has 1 heterocycles. The van der Waals surface area contributed by atoms with Crippen molar-refractivity contribution >= 4 is 11.7 Å². The molecule has 0 radical (unpaired) electrons. The predicted octanol–water partition coefficient (Wildman–Crippen LogP) is 1.53. The molecule has 1 aromatic rings. The van der Waals surface area contributed by atoms with Crippen LogP contribution in [-0.4, -0.2) is 30.0 Å². The minimum atomic E-state index is -0.344. The Morgan fingerprint density at radius 1 is 1.35 bits per heavy atom. The zero-order valence-corrected chi connectivity index (χ0v) is 12.9. The maximum absolute atomic E-state index is 11.1. The number of hydrogen-bond donors (Lipinski definition) is 2. The third kappa shape index (κ3) is 5.57. The number of nitrogens with one attached hydrogen (secondary N) is 1. The smallest absolute Gasteiger partial charge is 0.237 e. The lowest BCUT2D eigenvalue weighted by atomic mass is 10.2. The van der Waals surface area contributed by atoms with Gasteiger partial charge < -0.3 is 16.0 Å². The molecule has 1 rings (SSSR count). The molecular weight excluding hydrogens is 252 g/mol. The van der Waals surface area contributed by atoms with Crippen molar-refractivity contribution in [3.05, 3.63) is 23.9 Å². The summed E-state index contributed by atoms with van der Waals surface area (Å²) in [6.45, 7) is 10.4. The molecule has 1 amide bonds. The van der Waals surface area contributed by atoms with Crippen LogP contribution in [0.3, 0.4) is 0 Å². The summed E-state index contributed by atoms with van der Waals surface area (Å²) in [5.41, 5.74) is 6.41. The second-order valence-corrected chi connectivity index (χ2v) is 5.74. The first-order valence-corrected chi connectivity index (χ1v) is 7.10. The third-order valence-electron chi connectivity index (χ3n) is 2.93. The van der Waals surface area contributed by atoms with Crippen LogP contribution >= 0.6 is 0 Å². The van der Waals surface area contributed by atoms with Gasteiger partial charge in [-0.1, -0.05) is 19.9 Å². The molecule has 0 unspecified atom stereocenters. The molecule has 0 aliphatic carbocycles. The fourth-order valence-electron chi connectivity index (χ4n) is 1.89. The Kier molecular flexibility index (Phi) is 6.45. The van der Waals surface area contributed by atoms with Crippen LogP contribution in [0, 0.1) is 5.92 Å². The van der Waals surface area contributed by atoms with Crippen LogP contribution in [-0.2, 0) is 11.3 Å². The van der Waals surface area contributed by atoms with Crippen LogP contribution in [0.4, 0.5) is 5.82 Å². The van der Waals surface area contributed by atoms with E-state index in [9.17, 15) is 4.79 Å². The van der Waals surface area contributed by atoms with E-state index in [1.165, 1.54) is 0 Å². The van der Waals surface area contributed by atoms with Crippen molar-refractivity contribution in [2.75, 3.05) is 18.0 Å². The second-order valence-electron chi connectivity index (χ2n) is 5.74. The molecule has 3 N–H and O–H groups in total.